The SMILES string of the molecule is COC(=O)Cc1ncc(C(F)F)c(Cl)c1O. The second-order valence-corrected chi connectivity index (χ2v) is 3.25. The maximum atomic E-state index is 12.3. The van der Waals surface area contributed by atoms with Crippen molar-refractivity contribution in [2.75, 3.05) is 7.11 Å². The van der Waals surface area contributed by atoms with Crippen LogP contribution in [0.2, 0.25) is 5.02 Å². The first-order valence-electron chi connectivity index (χ1n) is 4.18. The largest absolute Gasteiger partial charge is 0.505 e. The maximum absolute atomic E-state index is 12.3. The lowest BCUT2D eigenvalue weighted by Gasteiger charge is -2.08. The third-order valence-corrected chi connectivity index (χ3v) is 2.27. The molecule has 0 atom stereocenters. The molecule has 4 nitrogen and oxygen atoms in total. The molecule has 0 aromatic carbocycles. The van der Waals surface area contributed by atoms with Crippen molar-refractivity contribution >= 4 is 17.6 Å². The van der Waals surface area contributed by atoms with Crippen LogP contribution in [0.1, 0.15) is 17.7 Å². The summed E-state index contributed by atoms with van der Waals surface area (Å²) in [5, 5.41) is 8.94. The highest BCUT2D eigenvalue weighted by Crippen LogP contribution is 2.34. The number of pyridine rings is 1. The number of hydrogen-bond acceptors (Lipinski definition) is 4. The van der Waals surface area contributed by atoms with Crippen LogP contribution in [0.3, 0.4) is 0 Å². The van der Waals surface area contributed by atoms with Crippen molar-refractivity contribution in [2.24, 2.45) is 0 Å². The highest BCUT2D eigenvalue weighted by Gasteiger charge is 2.20. The Morgan fingerprint density at radius 1 is 1.69 bits per heavy atom. The first-order valence-corrected chi connectivity index (χ1v) is 4.56. The minimum atomic E-state index is -2.84. The Bertz CT molecular complexity index is 412. The summed E-state index contributed by atoms with van der Waals surface area (Å²) >= 11 is 5.50. The van der Waals surface area contributed by atoms with Gasteiger partial charge in [0, 0.05) is 6.20 Å². The summed E-state index contributed by atoms with van der Waals surface area (Å²) in [5.74, 6) is -1.27. The fourth-order valence-corrected chi connectivity index (χ4v) is 1.26. The van der Waals surface area contributed by atoms with Gasteiger partial charge in [0.05, 0.1) is 29.8 Å². The van der Waals surface area contributed by atoms with Gasteiger partial charge in [0.2, 0.25) is 0 Å². The van der Waals surface area contributed by atoms with Crippen molar-refractivity contribution in [1.82, 2.24) is 4.98 Å². The molecule has 1 aromatic rings. The lowest BCUT2D eigenvalue weighted by Crippen LogP contribution is -2.07. The molecule has 88 valence electrons. The highest BCUT2D eigenvalue weighted by molar-refractivity contribution is 6.32. The van der Waals surface area contributed by atoms with Crippen molar-refractivity contribution in [2.45, 2.75) is 12.8 Å². The van der Waals surface area contributed by atoms with Gasteiger partial charge in [-0.25, -0.2) is 8.78 Å². The lowest BCUT2D eigenvalue weighted by atomic mass is 10.2. The number of aromatic hydroxyl groups is 1. The molecule has 0 radical (unpaired) electrons. The van der Waals surface area contributed by atoms with E-state index in [9.17, 15) is 18.7 Å². The highest BCUT2D eigenvalue weighted by atomic mass is 35.5. The van der Waals surface area contributed by atoms with Crippen molar-refractivity contribution in [3.05, 3.63) is 22.5 Å². The normalized spacial score (nSPS) is 10.6. The van der Waals surface area contributed by atoms with Crippen LogP contribution >= 0.6 is 11.6 Å². The number of esters is 1. The van der Waals surface area contributed by atoms with Crippen LogP contribution in [-0.2, 0) is 16.0 Å². The van der Waals surface area contributed by atoms with Gasteiger partial charge in [-0.1, -0.05) is 11.6 Å². The number of carbonyl (C=O) groups is 1. The van der Waals surface area contributed by atoms with Crippen LogP contribution in [0.4, 0.5) is 8.78 Å². The summed E-state index contributed by atoms with van der Waals surface area (Å²) in [7, 11) is 1.16. The Labute approximate surface area is 94.8 Å². The minimum absolute atomic E-state index is 0.0961. The molecule has 1 aromatic heterocycles. The van der Waals surface area contributed by atoms with Crippen molar-refractivity contribution in [1.29, 1.82) is 0 Å². The Morgan fingerprint density at radius 2 is 2.31 bits per heavy atom. The van der Waals surface area contributed by atoms with E-state index in [-0.39, 0.29) is 12.1 Å². The predicted molar refractivity (Wildman–Crippen MR) is 51.6 cm³/mol. The Hall–Kier alpha value is -1.43. The van der Waals surface area contributed by atoms with Gasteiger partial charge in [-0.05, 0) is 0 Å². The topological polar surface area (TPSA) is 59.4 Å². The molecular weight excluding hydrogens is 244 g/mol. The molecule has 0 saturated heterocycles. The summed E-state index contributed by atoms with van der Waals surface area (Å²) in [6.45, 7) is 0. The van der Waals surface area contributed by atoms with Crippen LogP contribution < -0.4 is 0 Å². The molecule has 0 spiro atoms. The molecule has 7 heteroatoms. The zero-order chi connectivity index (χ0) is 12.3. The van der Waals surface area contributed by atoms with Crippen molar-refractivity contribution in [3.8, 4) is 5.75 Å². The first kappa shape index (κ1) is 12.6. The number of alkyl halides is 2. The van der Waals surface area contributed by atoms with E-state index in [1.807, 2.05) is 0 Å². The number of hydrogen-bond donors (Lipinski definition) is 1. The summed E-state index contributed by atoms with van der Waals surface area (Å²) in [6, 6.07) is 0. The minimum Gasteiger partial charge on any atom is -0.505 e. The van der Waals surface area contributed by atoms with Gasteiger partial charge in [0.25, 0.3) is 6.43 Å². The Kier molecular flexibility index (Phi) is 4.00. The summed E-state index contributed by atoms with van der Waals surface area (Å²) in [4.78, 5) is 14.4. The van der Waals surface area contributed by atoms with Crippen LogP contribution in [0, 0.1) is 0 Å². The van der Waals surface area contributed by atoms with E-state index in [0.29, 0.717) is 0 Å². The Balaban J connectivity index is 3.07. The quantitative estimate of drug-likeness (QED) is 0.836. The molecule has 0 fully saturated rings. The van der Waals surface area contributed by atoms with Gasteiger partial charge in [-0.2, -0.15) is 0 Å². The van der Waals surface area contributed by atoms with Crippen molar-refractivity contribution in [3.63, 3.8) is 0 Å². The summed E-state index contributed by atoms with van der Waals surface area (Å²) in [6.07, 6.45) is -2.34. The monoisotopic (exact) mass is 251 g/mol. The standard InChI is InChI=1S/C9H8ClF2NO3/c1-16-6(14)2-5-8(15)7(10)4(3-13-5)9(11)12/h3,9,15H,2H2,1H3. The number of rotatable bonds is 3. The van der Waals surface area contributed by atoms with Crippen LogP contribution in [-0.4, -0.2) is 23.2 Å². The average Bonchev–Trinajstić information content (AvgIpc) is 2.24. The van der Waals surface area contributed by atoms with Crippen LogP contribution in [0.25, 0.3) is 0 Å². The molecule has 1 N–H and O–H groups in total. The molecular formula is C9H8ClF2NO3. The second-order valence-electron chi connectivity index (χ2n) is 2.88. The lowest BCUT2D eigenvalue weighted by molar-refractivity contribution is -0.139. The molecule has 0 aliphatic heterocycles. The first-order chi connectivity index (χ1) is 7.47. The number of aromatic nitrogens is 1. The number of carbonyl (C=O) groups excluding carboxylic acids is 1. The molecule has 1 heterocycles. The molecule has 1 rings (SSSR count). The van der Waals surface area contributed by atoms with Gasteiger partial charge in [-0.3, -0.25) is 9.78 Å². The van der Waals surface area contributed by atoms with E-state index < -0.39 is 28.7 Å². The zero-order valence-corrected chi connectivity index (χ0v) is 8.96. The molecule has 16 heavy (non-hydrogen) atoms. The Morgan fingerprint density at radius 3 is 2.81 bits per heavy atom. The number of halogens is 3. The summed E-state index contributed by atoms with van der Waals surface area (Å²) in [5.41, 5.74) is -0.672. The van der Waals surface area contributed by atoms with Gasteiger partial charge in [0.1, 0.15) is 0 Å². The van der Waals surface area contributed by atoms with Gasteiger partial charge in [-0.15, -0.1) is 0 Å². The van der Waals surface area contributed by atoms with Crippen LogP contribution in [0.15, 0.2) is 6.20 Å². The van der Waals surface area contributed by atoms with E-state index in [0.717, 1.165) is 13.3 Å². The maximum Gasteiger partial charge on any atom is 0.311 e. The van der Waals surface area contributed by atoms with E-state index in [4.69, 9.17) is 11.6 Å². The fourth-order valence-electron chi connectivity index (χ4n) is 1.02. The predicted octanol–water partition coefficient (Wildman–Crippen LogP) is 2.09. The smallest absolute Gasteiger partial charge is 0.311 e. The molecule has 0 bridgehead atoms. The number of methoxy groups -OCH3 is 1. The van der Waals surface area contributed by atoms with Crippen LogP contribution in [0.5, 0.6) is 5.75 Å². The molecule has 0 aliphatic carbocycles. The third kappa shape index (κ3) is 2.57. The van der Waals surface area contributed by atoms with Gasteiger partial charge in [0.15, 0.2) is 5.75 Å². The van der Waals surface area contributed by atoms with E-state index in [1.54, 1.807) is 0 Å². The van der Waals surface area contributed by atoms with Gasteiger partial charge < -0.3 is 9.84 Å². The van der Waals surface area contributed by atoms with E-state index in [2.05, 4.69) is 9.72 Å². The van der Waals surface area contributed by atoms with Crippen molar-refractivity contribution < 1.29 is 23.4 Å². The molecule has 0 amide bonds. The van der Waals surface area contributed by atoms with Gasteiger partial charge >= 0.3 is 5.97 Å². The molecule has 0 aliphatic rings. The second kappa shape index (κ2) is 5.07. The number of nitrogens with zero attached hydrogens (tertiary/aromatic N) is 1. The fraction of sp³-hybridized carbons (Fsp3) is 0.333. The summed E-state index contributed by atoms with van der Waals surface area (Å²) < 4.78 is 29.0. The third-order valence-electron chi connectivity index (χ3n) is 1.87. The zero-order valence-electron chi connectivity index (χ0n) is 8.21. The van der Waals surface area contributed by atoms with E-state index in [1.165, 1.54) is 0 Å². The average molecular weight is 252 g/mol. The van der Waals surface area contributed by atoms with E-state index >= 15 is 0 Å². The number of ether oxygens (including phenoxy) is 1. The molecule has 0 unspecified atom stereocenters. The molecule has 0 saturated carbocycles.